The number of quaternary nitrogens is 1. The molecule has 3 heteroatoms. The van der Waals surface area contributed by atoms with Crippen molar-refractivity contribution in [2.45, 2.75) is 0 Å². The average Bonchev–Trinajstić information content (AvgIpc) is 1.59. The molecule has 0 atom stereocenters. The van der Waals surface area contributed by atoms with Crippen molar-refractivity contribution in [3.63, 3.8) is 0 Å². The summed E-state index contributed by atoms with van der Waals surface area (Å²) in [6.45, 7) is 0.702. The molecule has 10 heavy (non-hydrogen) atoms. The van der Waals surface area contributed by atoms with Gasteiger partial charge in [0.1, 0.15) is 0 Å². The summed E-state index contributed by atoms with van der Waals surface area (Å²) in [7, 11) is 5.96. The Hall–Kier alpha value is -0.830. The van der Waals surface area contributed by atoms with Crippen molar-refractivity contribution < 1.29 is 14.4 Å². The van der Waals surface area contributed by atoms with Crippen molar-refractivity contribution in [3.05, 3.63) is 12.2 Å². The van der Waals surface area contributed by atoms with Gasteiger partial charge in [-0.1, -0.05) is 0 Å². The van der Waals surface area contributed by atoms with Gasteiger partial charge in [-0.25, -0.2) is 0 Å². The molecule has 0 aromatic carbocycles. The van der Waals surface area contributed by atoms with Crippen molar-refractivity contribution in [3.8, 4) is 0 Å². The van der Waals surface area contributed by atoms with Crippen LogP contribution in [0, 0.1) is 0 Å². The second-order valence-electron chi connectivity index (χ2n) is 3.19. The Morgan fingerprint density at radius 1 is 1.50 bits per heavy atom. The molecule has 0 saturated heterocycles. The zero-order valence-electron chi connectivity index (χ0n) is 6.63. The van der Waals surface area contributed by atoms with Gasteiger partial charge in [0.05, 0.1) is 33.7 Å². The number of carboxylic acid groups (broad SMARTS) is 1. The molecular formula is C7H13NO2. The van der Waals surface area contributed by atoms with Crippen LogP contribution >= 0.6 is 0 Å². The zero-order chi connectivity index (χ0) is 8.20. The molecule has 0 aliphatic carbocycles. The molecule has 0 aromatic heterocycles. The van der Waals surface area contributed by atoms with E-state index in [1.54, 1.807) is 6.08 Å². The number of nitrogens with zero attached hydrogens (tertiary/aromatic N) is 1. The first kappa shape index (κ1) is 9.17. The van der Waals surface area contributed by atoms with E-state index in [4.69, 9.17) is 0 Å². The largest absolute Gasteiger partial charge is 0.545 e. The summed E-state index contributed by atoms with van der Waals surface area (Å²) < 4.78 is 0.726. The highest BCUT2D eigenvalue weighted by molar-refractivity contribution is 5.77. The molecule has 0 bridgehead atoms. The highest BCUT2D eigenvalue weighted by atomic mass is 16.4. The van der Waals surface area contributed by atoms with E-state index >= 15 is 0 Å². The Labute approximate surface area is 61.2 Å². The highest BCUT2D eigenvalue weighted by Crippen LogP contribution is 1.88. The molecule has 0 aliphatic rings. The number of hydrogen-bond donors (Lipinski definition) is 0. The van der Waals surface area contributed by atoms with E-state index in [-0.39, 0.29) is 0 Å². The third-order valence-electron chi connectivity index (χ3n) is 0.907. The molecule has 0 N–H and O–H groups in total. The molecule has 0 unspecified atom stereocenters. The summed E-state index contributed by atoms with van der Waals surface area (Å²) in [6.07, 6.45) is 2.65. The summed E-state index contributed by atoms with van der Waals surface area (Å²) in [5.41, 5.74) is 0. The minimum Gasteiger partial charge on any atom is -0.545 e. The Bertz CT molecular complexity index is 144. The molecule has 0 aliphatic heterocycles. The number of carboxylic acids is 1. The quantitative estimate of drug-likeness (QED) is 0.375. The van der Waals surface area contributed by atoms with Crippen molar-refractivity contribution >= 4 is 5.97 Å². The maximum atomic E-state index is 9.88. The van der Waals surface area contributed by atoms with E-state index in [0.717, 1.165) is 10.6 Å². The number of likely N-dealkylation sites (N-methyl/N-ethyl adjacent to an activating group) is 1. The van der Waals surface area contributed by atoms with E-state index in [0.29, 0.717) is 6.54 Å². The first-order valence-corrected chi connectivity index (χ1v) is 3.10. The van der Waals surface area contributed by atoms with Gasteiger partial charge in [0.2, 0.25) is 0 Å². The van der Waals surface area contributed by atoms with Crippen molar-refractivity contribution in [1.29, 1.82) is 0 Å². The molecule has 58 valence electrons. The van der Waals surface area contributed by atoms with Crippen LogP contribution in [0.2, 0.25) is 0 Å². The molecule has 0 amide bonds. The van der Waals surface area contributed by atoms with E-state index < -0.39 is 5.97 Å². The van der Waals surface area contributed by atoms with E-state index in [9.17, 15) is 9.90 Å². The van der Waals surface area contributed by atoms with Gasteiger partial charge >= 0.3 is 0 Å². The molecule has 0 radical (unpaired) electrons. The van der Waals surface area contributed by atoms with Crippen molar-refractivity contribution in [2.24, 2.45) is 0 Å². The van der Waals surface area contributed by atoms with Gasteiger partial charge in [-0.15, -0.1) is 0 Å². The lowest BCUT2D eigenvalue weighted by molar-refractivity contribution is -0.864. The Morgan fingerprint density at radius 3 is 2.30 bits per heavy atom. The number of hydrogen-bond acceptors (Lipinski definition) is 2. The maximum absolute atomic E-state index is 9.88. The first-order valence-electron chi connectivity index (χ1n) is 3.10. The van der Waals surface area contributed by atoms with Crippen molar-refractivity contribution in [1.82, 2.24) is 0 Å². The van der Waals surface area contributed by atoms with Gasteiger partial charge in [0, 0.05) is 0 Å². The normalized spacial score (nSPS) is 12.3. The topological polar surface area (TPSA) is 40.1 Å². The number of carbonyl (C=O) groups excluding carboxylic acids is 1. The molecule has 0 aromatic rings. The van der Waals surface area contributed by atoms with E-state index in [1.807, 2.05) is 21.1 Å². The number of carbonyl (C=O) groups is 1. The number of rotatable bonds is 3. The fourth-order valence-corrected chi connectivity index (χ4v) is 0.465. The molecule has 3 nitrogen and oxygen atoms in total. The van der Waals surface area contributed by atoms with Gasteiger partial charge in [0.15, 0.2) is 0 Å². The van der Waals surface area contributed by atoms with Crippen LogP contribution in [0.25, 0.3) is 0 Å². The van der Waals surface area contributed by atoms with E-state index in [2.05, 4.69) is 0 Å². The smallest absolute Gasteiger partial charge is 0.0971 e. The number of aliphatic carboxylic acids is 1. The predicted molar refractivity (Wildman–Crippen MR) is 37.0 cm³/mol. The first-order chi connectivity index (χ1) is 4.42. The molecule has 0 rings (SSSR count). The highest BCUT2D eigenvalue weighted by Gasteiger charge is 2.00. The molecule has 0 saturated carbocycles. The summed E-state index contributed by atoms with van der Waals surface area (Å²) in [6, 6.07) is 0. The molecular weight excluding hydrogens is 130 g/mol. The monoisotopic (exact) mass is 143 g/mol. The van der Waals surface area contributed by atoms with Gasteiger partial charge in [-0.05, 0) is 12.2 Å². The SMILES string of the molecule is C[N+](C)(C)C/C=C/C(=O)[O-]. The lowest BCUT2D eigenvalue weighted by atomic mass is 10.4. The average molecular weight is 143 g/mol. The van der Waals surface area contributed by atoms with Crippen LogP contribution in [0.15, 0.2) is 12.2 Å². The standard InChI is InChI=1S/C7H13NO2/c1-8(2,3)6-4-5-7(9)10/h4-5H,6H2,1-3H3/b5-4+. The van der Waals surface area contributed by atoms with Gasteiger partial charge < -0.3 is 14.4 Å². The summed E-state index contributed by atoms with van der Waals surface area (Å²) in [4.78, 5) is 9.88. The minimum atomic E-state index is -1.13. The Kier molecular flexibility index (Phi) is 3.09. The maximum Gasteiger partial charge on any atom is 0.0971 e. The van der Waals surface area contributed by atoms with Crippen LogP contribution in [0.5, 0.6) is 0 Å². The van der Waals surface area contributed by atoms with Crippen LogP contribution in [0.4, 0.5) is 0 Å². The molecule has 0 heterocycles. The minimum absolute atomic E-state index is 0.702. The second kappa shape index (κ2) is 3.37. The fourth-order valence-electron chi connectivity index (χ4n) is 0.465. The van der Waals surface area contributed by atoms with Crippen LogP contribution < -0.4 is 5.11 Å². The lowest BCUT2D eigenvalue weighted by Crippen LogP contribution is -2.34. The Morgan fingerprint density at radius 2 is 2.00 bits per heavy atom. The van der Waals surface area contributed by atoms with Crippen LogP contribution in [0.3, 0.4) is 0 Å². The van der Waals surface area contributed by atoms with E-state index in [1.165, 1.54) is 0 Å². The summed E-state index contributed by atoms with van der Waals surface area (Å²) in [5, 5.41) is 9.88. The zero-order valence-corrected chi connectivity index (χ0v) is 6.63. The van der Waals surface area contributed by atoms with Gasteiger partial charge in [-0.2, -0.15) is 0 Å². The summed E-state index contributed by atoms with van der Waals surface area (Å²) >= 11 is 0. The van der Waals surface area contributed by atoms with Gasteiger partial charge in [0.25, 0.3) is 0 Å². The van der Waals surface area contributed by atoms with Crippen LogP contribution in [-0.2, 0) is 4.79 Å². The van der Waals surface area contributed by atoms with Crippen LogP contribution in [-0.4, -0.2) is 38.1 Å². The van der Waals surface area contributed by atoms with Crippen LogP contribution in [0.1, 0.15) is 0 Å². The third-order valence-corrected chi connectivity index (χ3v) is 0.907. The molecule has 0 spiro atoms. The molecule has 0 fully saturated rings. The van der Waals surface area contributed by atoms with Gasteiger partial charge in [-0.3, -0.25) is 0 Å². The lowest BCUT2D eigenvalue weighted by Gasteiger charge is -2.21. The predicted octanol–water partition coefficient (Wildman–Crippen LogP) is -1.00. The summed E-state index contributed by atoms with van der Waals surface area (Å²) in [5.74, 6) is -1.13. The van der Waals surface area contributed by atoms with Crippen molar-refractivity contribution in [2.75, 3.05) is 27.7 Å². The third kappa shape index (κ3) is 7.17. The fraction of sp³-hybridized carbons (Fsp3) is 0.571. The second-order valence-corrected chi connectivity index (χ2v) is 3.19. The Balaban J connectivity index is 3.64.